The van der Waals surface area contributed by atoms with Gasteiger partial charge in [0.05, 0.1) is 5.54 Å². The Balaban J connectivity index is 2.81. The number of nitrogens with one attached hydrogen (secondary N) is 1. The van der Waals surface area contributed by atoms with Crippen LogP contribution in [0.5, 0.6) is 5.88 Å². The molecule has 1 heterocycles. The molecule has 7 heteroatoms. The molecule has 0 spiro atoms. The highest BCUT2D eigenvalue weighted by Gasteiger charge is 2.35. The number of halogens is 3. The molecule has 1 amide bonds. The number of pyridine rings is 1. The smallest absolute Gasteiger partial charge is 0.421 e. The molecule has 0 bridgehead atoms. The van der Waals surface area contributed by atoms with Crippen LogP contribution < -0.4 is 10.1 Å². The first-order valence-electron chi connectivity index (χ1n) is 5.55. The van der Waals surface area contributed by atoms with Gasteiger partial charge in [-0.25, -0.2) is 4.98 Å². The first-order valence-corrected chi connectivity index (χ1v) is 5.55. The minimum Gasteiger partial charge on any atom is -0.475 e. The van der Waals surface area contributed by atoms with Crippen molar-refractivity contribution >= 4 is 5.91 Å². The van der Waals surface area contributed by atoms with Gasteiger partial charge in [-0.2, -0.15) is 13.2 Å². The van der Waals surface area contributed by atoms with Gasteiger partial charge in [-0.15, -0.1) is 0 Å². The maximum Gasteiger partial charge on any atom is 0.421 e. The highest BCUT2D eigenvalue weighted by atomic mass is 19.4. The highest BCUT2D eigenvalue weighted by Crippen LogP contribution is 2.34. The van der Waals surface area contributed by atoms with Crippen LogP contribution in [0, 0.1) is 0 Å². The van der Waals surface area contributed by atoms with Crippen molar-refractivity contribution in [1.29, 1.82) is 0 Å². The molecule has 0 saturated heterocycles. The van der Waals surface area contributed by atoms with Crippen LogP contribution in [0.15, 0.2) is 18.3 Å². The molecule has 4 nitrogen and oxygen atoms in total. The molecule has 0 aliphatic carbocycles. The fourth-order valence-corrected chi connectivity index (χ4v) is 1.48. The zero-order valence-corrected chi connectivity index (χ0v) is 10.8. The van der Waals surface area contributed by atoms with Crippen molar-refractivity contribution in [2.45, 2.75) is 32.5 Å². The molecule has 0 saturated carbocycles. The van der Waals surface area contributed by atoms with Crippen LogP contribution in [-0.4, -0.2) is 23.0 Å². The van der Waals surface area contributed by atoms with Gasteiger partial charge in [0.25, 0.3) is 0 Å². The summed E-state index contributed by atoms with van der Waals surface area (Å²) in [4.78, 5) is 14.5. The monoisotopic (exact) mass is 276 g/mol. The van der Waals surface area contributed by atoms with Gasteiger partial charge in [0, 0.05) is 13.1 Å². The van der Waals surface area contributed by atoms with Crippen molar-refractivity contribution in [2.24, 2.45) is 0 Å². The summed E-state index contributed by atoms with van der Waals surface area (Å²) in [6.07, 6.45) is -3.31. The van der Waals surface area contributed by atoms with Gasteiger partial charge in [0.2, 0.25) is 11.8 Å². The SMILES string of the molecule is CC(=O)NC(C)(C)COc1ncccc1C(F)(F)F. The van der Waals surface area contributed by atoms with Crippen molar-refractivity contribution in [2.75, 3.05) is 6.61 Å². The van der Waals surface area contributed by atoms with Crippen molar-refractivity contribution in [3.05, 3.63) is 23.9 Å². The van der Waals surface area contributed by atoms with Crippen molar-refractivity contribution in [3.63, 3.8) is 0 Å². The van der Waals surface area contributed by atoms with E-state index < -0.39 is 23.2 Å². The van der Waals surface area contributed by atoms with E-state index in [1.54, 1.807) is 13.8 Å². The van der Waals surface area contributed by atoms with E-state index in [4.69, 9.17) is 4.74 Å². The molecule has 0 unspecified atom stereocenters. The summed E-state index contributed by atoms with van der Waals surface area (Å²) in [7, 11) is 0. The molecule has 0 radical (unpaired) electrons. The Hall–Kier alpha value is -1.79. The van der Waals surface area contributed by atoms with Crippen LogP contribution in [0.25, 0.3) is 0 Å². The van der Waals surface area contributed by atoms with Gasteiger partial charge >= 0.3 is 6.18 Å². The zero-order chi connectivity index (χ0) is 14.7. The average Bonchev–Trinajstić information content (AvgIpc) is 2.24. The Kier molecular flexibility index (Phi) is 4.39. The third-order valence-corrected chi connectivity index (χ3v) is 2.16. The number of rotatable bonds is 4. The van der Waals surface area contributed by atoms with Crippen molar-refractivity contribution in [1.82, 2.24) is 10.3 Å². The lowest BCUT2D eigenvalue weighted by molar-refractivity contribution is -0.139. The third kappa shape index (κ3) is 4.76. The Morgan fingerprint density at radius 1 is 1.42 bits per heavy atom. The third-order valence-electron chi connectivity index (χ3n) is 2.16. The number of alkyl halides is 3. The first-order chi connectivity index (χ1) is 8.62. The molecule has 1 rings (SSSR count). The normalized spacial score (nSPS) is 12.1. The van der Waals surface area contributed by atoms with E-state index in [0.29, 0.717) is 0 Å². The van der Waals surface area contributed by atoms with Gasteiger partial charge in [-0.1, -0.05) is 0 Å². The summed E-state index contributed by atoms with van der Waals surface area (Å²) in [6, 6.07) is 2.09. The minimum atomic E-state index is -4.53. The topological polar surface area (TPSA) is 51.2 Å². The lowest BCUT2D eigenvalue weighted by Crippen LogP contribution is -2.47. The summed E-state index contributed by atoms with van der Waals surface area (Å²) in [6.45, 7) is 4.49. The maximum absolute atomic E-state index is 12.7. The van der Waals surface area contributed by atoms with Crippen LogP contribution in [0.3, 0.4) is 0 Å². The standard InChI is InChI=1S/C12H15F3N2O2/c1-8(18)17-11(2,3)7-19-10-9(12(13,14)15)5-4-6-16-10/h4-6H,7H2,1-3H3,(H,17,18). The summed E-state index contributed by atoms with van der Waals surface area (Å²) in [5.41, 5.74) is -1.72. The van der Waals surface area contributed by atoms with E-state index >= 15 is 0 Å². The van der Waals surface area contributed by atoms with Gasteiger partial charge in [-0.3, -0.25) is 4.79 Å². The van der Waals surface area contributed by atoms with E-state index in [1.165, 1.54) is 19.2 Å². The van der Waals surface area contributed by atoms with Crippen molar-refractivity contribution in [3.8, 4) is 5.88 Å². The van der Waals surface area contributed by atoms with E-state index in [9.17, 15) is 18.0 Å². The van der Waals surface area contributed by atoms with Crippen LogP contribution >= 0.6 is 0 Å². The molecular weight excluding hydrogens is 261 g/mol. The first kappa shape index (κ1) is 15.3. The quantitative estimate of drug-likeness (QED) is 0.918. The summed E-state index contributed by atoms with van der Waals surface area (Å²) >= 11 is 0. The number of nitrogens with zero attached hydrogens (tertiary/aromatic N) is 1. The molecule has 106 valence electrons. The number of ether oxygens (including phenoxy) is 1. The van der Waals surface area contributed by atoms with Crippen LogP contribution in [0.4, 0.5) is 13.2 Å². The number of hydrogen-bond donors (Lipinski definition) is 1. The predicted molar refractivity (Wildman–Crippen MR) is 62.6 cm³/mol. The number of hydrogen-bond acceptors (Lipinski definition) is 3. The fourth-order valence-electron chi connectivity index (χ4n) is 1.48. The molecule has 0 fully saturated rings. The lowest BCUT2D eigenvalue weighted by Gasteiger charge is -2.25. The van der Waals surface area contributed by atoms with Crippen LogP contribution in [-0.2, 0) is 11.0 Å². The Bertz CT molecular complexity index is 459. The van der Waals surface area contributed by atoms with Gasteiger partial charge in [-0.05, 0) is 26.0 Å². The highest BCUT2D eigenvalue weighted by molar-refractivity contribution is 5.73. The molecule has 0 aromatic carbocycles. The molecule has 0 aliphatic heterocycles. The molecule has 19 heavy (non-hydrogen) atoms. The Labute approximate surface area is 109 Å². The Morgan fingerprint density at radius 2 is 2.05 bits per heavy atom. The zero-order valence-electron chi connectivity index (χ0n) is 10.8. The van der Waals surface area contributed by atoms with E-state index in [2.05, 4.69) is 10.3 Å². The molecule has 0 aliphatic rings. The second-order valence-corrected chi connectivity index (χ2v) is 4.71. The van der Waals surface area contributed by atoms with Gasteiger partial charge < -0.3 is 10.1 Å². The molecule has 1 aromatic heterocycles. The molecule has 1 N–H and O–H groups in total. The number of aromatic nitrogens is 1. The fraction of sp³-hybridized carbons (Fsp3) is 0.500. The van der Waals surface area contributed by atoms with Crippen LogP contribution in [0.2, 0.25) is 0 Å². The van der Waals surface area contributed by atoms with Gasteiger partial charge in [0.1, 0.15) is 12.2 Å². The molecule has 1 aromatic rings. The largest absolute Gasteiger partial charge is 0.475 e. The summed E-state index contributed by atoms with van der Waals surface area (Å²) in [5.74, 6) is -0.779. The van der Waals surface area contributed by atoms with E-state index in [-0.39, 0.29) is 12.5 Å². The second-order valence-electron chi connectivity index (χ2n) is 4.71. The lowest BCUT2D eigenvalue weighted by atomic mass is 10.1. The average molecular weight is 276 g/mol. The minimum absolute atomic E-state index is 0.118. The predicted octanol–water partition coefficient (Wildman–Crippen LogP) is 2.39. The molecular formula is C12H15F3N2O2. The van der Waals surface area contributed by atoms with E-state index in [0.717, 1.165) is 6.07 Å². The van der Waals surface area contributed by atoms with Gasteiger partial charge in [0.15, 0.2) is 0 Å². The van der Waals surface area contributed by atoms with E-state index in [1.807, 2.05) is 0 Å². The van der Waals surface area contributed by atoms with Crippen LogP contribution in [0.1, 0.15) is 26.3 Å². The number of carbonyl (C=O) groups is 1. The number of amides is 1. The summed E-state index contributed by atoms with van der Waals surface area (Å²) in [5, 5.41) is 2.57. The molecule has 0 atom stereocenters. The number of carbonyl (C=O) groups excluding carboxylic acids is 1. The Morgan fingerprint density at radius 3 is 2.58 bits per heavy atom. The second kappa shape index (κ2) is 5.46. The summed E-state index contributed by atoms with van der Waals surface area (Å²) < 4.78 is 43.1. The maximum atomic E-state index is 12.7. The van der Waals surface area contributed by atoms with Crippen molar-refractivity contribution < 1.29 is 22.7 Å².